The van der Waals surface area contributed by atoms with Crippen molar-refractivity contribution < 1.29 is 18.4 Å². The summed E-state index contributed by atoms with van der Waals surface area (Å²) >= 11 is 1.40. The van der Waals surface area contributed by atoms with Crippen molar-refractivity contribution in [3.05, 3.63) is 22.4 Å². The largest absolute Gasteiger partial charge is 0.353 e. The Labute approximate surface area is 138 Å². The van der Waals surface area contributed by atoms with Crippen molar-refractivity contribution in [1.29, 1.82) is 0 Å². The molecule has 1 fully saturated rings. The summed E-state index contributed by atoms with van der Waals surface area (Å²) in [4.78, 5) is 26.6. The second-order valence-electron chi connectivity index (χ2n) is 5.98. The molecular weight excluding hydrogens is 322 g/mol. The third-order valence-corrected chi connectivity index (χ3v) is 4.94. The fourth-order valence-electron chi connectivity index (χ4n) is 2.80. The Kier molecular flexibility index (Phi) is 6.65. The van der Waals surface area contributed by atoms with Gasteiger partial charge in [0.2, 0.25) is 5.91 Å². The number of hydrogen-bond donors (Lipinski definition) is 1. The van der Waals surface area contributed by atoms with E-state index in [-0.39, 0.29) is 36.6 Å². The summed E-state index contributed by atoms with van der Waals surface area (Å²) in [6.45, 7) is 2.63. The highest BCUT2D eigenvalue weighted by Gasteiger charge is 2.27. The number of carbonyl (C=O) groups is 2. The van der Waals surface area contributed by atoms with Crippen LogP contribution in [0.3, 0.4) is 0 Å². The lowest BCUT2D eigenvalue weighted by Crippen LogP contribution is -2.44. The van der Waals surface area contributed by atoms with Crippen molar-refractivity contribution in [3.63, 3.8) is 0 Å². The molecule has 4 nitrogen and oxygen atoms in total. The minimum absolute atomic E-state index is 0.0274. The first-order valence-corrected chi connectivity index (χ1v) is 8.71. The molecule has 1 aliphatic rings. The number of halogens is 2. The Morgan fingerprint density at radius 2 is 2.09 bits per heavy atom. The van der Waals surface area contributed by atoms with Gasteiger partial charge >= 0.3 is 0 Å². The second-order valence-corrected chi connectivity index (χ2v) is 6.93. The van der Waals surface area contributed by atoms with E-state index in [1.807, 2.05) is 18.4 Å². The monoisotopic (exact) mass is 344 g/mol. The number of nitrogens with one attached hydrogen (secondary N) is 1. The molecule has 23 heavy (non-hydrogen) atoms. The number of thiophene rings is 1. The van der Waals surface area contributed by atoms with Crippen LogP contribution in [0.1, 0.15) is 35.9 Å². The van der Waals surface area contributed by atoms with Crippen LogP contribution in [0.25, 0.3) is 0 Å². The number of nitrogens with zero attached hydrogens (tertiary/aromatic N) is 1. The van der Waals surface area contributed by atoms with E-state index >= 15 is 0 Å². The normalized spacial score (nSPS) is 18.1. The molecule has 0 radical (unpaired) electrons. The van der Waals surface area contributed by atoms with Gasteiger partial charge in [-0.2, -0.15) is 0 Å². The fraction of sp³-hybridized carbons (Fsp3) is 0.625. The van der Waals surface area contributed by atoms with Gasteiger partial charge in [0.15, 0.2) is 5.78 Å². The minimum Gasteiger partial charge on any atom is -0.353 e. The van der Waals surface area contributed by atoms with Crippen LogP contribution in [-0.4, -0.2) is 48.7 Å². The van der Waals surface area contributed by atoms with Gasteiger partial charge in [0, 0.05) is 18.4 Å². The summed E-state index contributed by atoms with van der Waals surface area (Å²) in [5.41, 5.74) is 0. The molecule has 1 amide bonds. The van der Waals surface area contributed by atoms with Crippen molar-refractivity contribution in [2.75, 3.05) is 19.6 Å². The molecule has 0 aliphatic carbocycles. The van der Waals surface area contributed by atoms with E-state index in [1.165, 1.54) is 11.3 Å². The van der Waals surface area contributed by atoms with Crippen LogP contribution in [0.5, 0.6) is 0 Å². The number of likely N-dealkylation sites (tertiary alicyclic amines) is 1. The quantitative estimate of drug-likeness (QED) is 0.774. The molecule has 0 unspecified atom stereocenters. The molecule has 0 bridgehead atoms. The van der Waals surface area contributed by atoms with Gasteiger partial charge < -0.3 is 5.32 Å². The van der Waals surface area contributed by atoms with Gasteiger partial charge in [-0.25, -0.2) is 8.78 Å². The molecule has 0 spiro atoms. The van der Waals surface area contributed by atoms with Gasteiger partial charge in [-0.15, -0.1) is 11.3 Å². The molecule has 0 saturated carbocycles. The molecule has 2 rings (SSSR count). The SMILES string of the molecule is C[C@@H](CC(=O)c1cccs1)NC(=O)C1CCN(CC(F)F)CC1. The van der Waals surface area contributed by atoms with Crippen LogP contribution in [0, 0.1) is 5.92 Å². The van der Waals surface area contributed by atoms with Crippen molar-refractivity contribution >= 4 is 23.0 Å². The van der Waals surface area contributed by atoms with Crippen LogP contribution in [0.2, 0.25) is 0 Å². The first-order chi connectivity index (χ1) is 11.0. The maximum Gasteiger partial charge on any atom is 0.251 e. The van der Waals surface area contributed by atoms with Crippen molar-refractivity contribution in [2.45, 2.75) is 38.7 Å². The highest BCUT2D eigenvalue weighted by molar-refractivity contribution is 7.12. The Morgan fingerprint density at radius 3 is 2.65 bits per heavy atom. The molecule has 0 aromatic carbocycles. The molecule has 1 aromatic heterocycles. The number of hydrogen-bond acceptors (Lipinski definition) is 4. The zero-order valence-corrected chi connectivity index (χ0v) is 14.0. The standard InChI is InChI=1S/C16H22F2N2O2S/c1-11(9-13(21)14-3-2-8-23-14)19-16(22)12-4-6-20(7-5-12)10-15(17)18/h2-3,8,11-12,15H,4-7,9-10H2,1H3,(H,19,22)/t11-/m0/s1. The van der Waals surface area contributed by atoms with Crippen molar-refractivity contribution in [3.8, 4) is 0 Å². The van der Waals surface area contributed by atoms with Crippen molar-refractivity contribution in [2.24, 2.45) is 5.92 Å². The molecule has 1 saturated heterocycles. The number of carbonyl (C=O) groups excluding carboxylic acids is 2. The molecule has 1 atom stereocenters. The summed E-state index contributed by atoms with van der Waals surface area (Å²) in [5.74, 6) is -0.198. The topological polar surface area (TPSA) is 49.4 Å². The predicted molar refractivity (Wildman–Crippen MR) is 86.0 cm³/mol. The van der Waals surface area contributed by atoms with Gasteiger partial charge in [0.05, 0.1) is 11.4 Å². The number of amides is 1. The second kappa shape index (κ2) is 8.49. The average molecular weight is 344 g/mol. The van der Waals surface area contributed by atoms with E-state index in [9.17, 15) is 18.4 Å². The summed E-state index contributed by atoms with van der Waals surface area (Å²) in [6.07, 6.45) is -0.881. The fourth-order valence-corrected chi connectivity index (χ4v) is 3.48. The molecule has 1 N–H and O–H groups in total. The highest BCUT2D eigenvalue weighted by atomic mass is 32.1. The summed E-state index contributed by atoms with van der Waals surface area (Å²) in [5, 5.41) is 4.73. The zero-order chi connectivity index (χ0) is 16.8. The predicted octanol–water partition coefficient (Wildman–Crippen LogP) is 2.80. The lowest BCUT2D eigenvalue weighted by Gasteiger charge is -2.31. The zero-order valence-electron chi connectivity index (χ0n) is 13.1. The summed E-state index contributed by atoms with van der Waals surface area (Å²) in [6, 6.07) is 3.38. The molecule has 2 heterocycles. The Bertz CT molecular complexity index is 514. The van der Waals surface area contributed by atoms with E-state index in [4.69, 9.17) is 0 Å². The van der Waals surface area contributed by atoms with Gasteiger partial charge in [-0.1, -0.05) is 6.07 Å². The van der Waals surface area contributed by atoms with E-state index in [0.29, 0.717) is 30.8 Å². The third-order valence-electron chi connectivity index (χ3n) is 4.03. The molecule has 1 aromatic rings. The Balaban J connectivity index is 1.73. The van der Waals surface area contributed by atoms with Gasteiger partial charge in [0.1, 0.15) is 0 Å². The molecule has 7 heteroatoms. The number of piperidine rings is 1. The smallest absolute Gasteiger partial charge is 0.251 e. The van der Waals surface area contributed by atoms with Crippen LogP contribution in [0.15, 0.2) is 17.5 Å². The Morgan fingerprint density at radius 1 is 1.39 bits per heavy atom. The Hall–Kier alpha value is -1.34. The van der Waals surface area contributed by atoms with Gasteiger partial charge in [-0.3, -0.25) is 14.5 Å². The molecule has 1 aliphatic heterocycles. The van der Waals surface area contributed by atoms with E-state index in [2.05, 4.69) is 5.32 Å². The minimum atomic E-state index is -2.33. The first-order valence-electron chi connectivity index (χ1n) is 7.83. The lowest BCUT2D eigenvalue weighted by molar-refractivity contribution is -0.127. The average Bonchev–Trinajstić information content (AvgIpc) is 3.01. The van der Waals surface area contributed by atoms with Gasteiger partial charge in [-0.05, 0) is 44.3 Å². The third kappa shape index (κ3) is 5.66. The molecule has 128 valence electrons. The van der Waals surface area contributed by atoms with E-state index < -0.39 is 6.43 Å². The van der Waals surface area contributed by atoms with Gasteiger partial charge in [0.25, 0.3) is 6.43 Å². The lowest BCUT2D eigenvalue weighted by atomic mass is 9.95. The highest BCUT2D eigenvalue weighted by Crippen LogP contribution is 2.19. The summed E-state index contributed by atoms with van der Waals surface area (Å²) < 4.78 is 24.7. The number of alkyl halides is 2. The van der Waals surface area contributed by atoms with Crippen LogP contribution < -0.4 is 5.32 Å². The van der Waals surface area contributed by atoms with E-state index in [1.54, 1.807) is 11.0 Å². The molecular formula is C16H22F2N2O2S. The maximum absolute atomic E-state index is 12.3. The summed E-state index contributed by atoms with van der Waals surface area (Å²) in [7, 11) is 0. The number of ketones is 1. The maximum atomic E-state index is 12.3. The van der Waals surface area contributed by atoms with E-state index in [0.717, 1.165) is 0 Å². The van der Waals surface area contributed by atoms with Crippen LogP contribution in [0.4, 0.5) is 8.78 Å². The number of Topliss-reactive ketones (excluding diaryl/α,β-unsaturated/α-hetero) is 1. The first kappa shape index (κ1) is 18.0. The number of rotatable bonds is 7. The van der Waals surface area contributed by atoms with Crippen LogP contribution >= 0.6 is 11.3 Å². The van der Waals surface area contributed by atoms with Crippen LogP contribution in [-0.2, 0) is 4.79 Å². The van der Waals surface area contributed by atoms with Crippen molar-refractivity contribution in [1.82, 2.24) is 10.2 Å².